The Morgan fingerprint density at radius 2 is 2.12 bits per heavy atom. The van der Waals surface area contributed by atoms with Gasteiger partial charge in [0.25, 0.3) is 0 Å². The zero-order valence-corrected chi connectivity index (χ0v) is 8.73. The lowest BCUT2D eigenvalue weighted by molar-refractivity contribution is -0.131. The first kappa shape index (κ1) is 11.8. The first-order valence-electron chi connectivity index (χ1n) is 4.57. The molecule has 0 saturated carbocycles. The number of carbonyl (C=O) groups is 2. The van der Waals surface area contributed by atoms with Crippen molar-refractivity contribution in [3.05, 3.63) is 35.4 Å². The van der Waals surface area contributed by atoms with Crippen molar-refractivity contribution in [1.29, 1.82) is 0 Å². The summed E-state index contributed by atoms with van der Waals surface area (Å²) in [6.45, 7) is 1.82. The van der Waals surface area contributed by atoms with Gasteiger partial charge in [-0.1, -0.05) is 12.1 Å². The van der Waals surface area contributed by atoms with Crippen LogP contribution in [0.2, 0.25) is 0 Å². The number of nitrogens with one attached hydrogen (secondary N) is 1. The molecular weight excluding hydrogens is 208 g/mol. The Hall–Kier alpha value is -2.30. The summed E-state index contributed by atoms with van der Waals surface area (Å²) in [7, 11) is 0. The van der Waals surface area contributed by atoms with Crippen LogP contribution < -0.4 is 11.1 Å². The van der Waals surface area contributed by atoms with Crippen LogP contribution in [0, 0.1) is 6.92 Å². The molecule has 0 aromatic heterocycles. The highest BCUT2D eigenvalue weighted by molar-refractivity contribution is 5.90. The van der Waals surface area contributed by atoms with Gasteiger partial charge in [-0.25, -0.2) is 9.59 Å². The number of amides is 2. The molecule has 0 saturated heterocycles. The molecular formula is C11H12N2O3. The predicted octanol–water partition coefficient (Wildman–Crippen LogP) is 1.58. The summed E-state index contributed by atoms with van der Waals surface area (Å²) >= 11 is 0. The van der Waals surface area contributed by atoms with Gasteiger partial charge in [0.15, 0.2) is 0 Å². The lowest BCUT2D eigenvalue weighted by Gasteiger charge is -2.06. The summed E-state index contributed by atoms with van der Waals surface area (Å²) < 4.78 is 0. The number of anilines is 1. The number of hydrogen-bond donors (Lipinski definition) is 3. The molecule has 1 aromatic carbocycles. The average molecular weight is 220 g/mol. The van der Waals surface area contributed by atoms with E-state index >= 15 is 0 Å². The number of nitrogens with two attached hydrogens (primary N) is 1. The third-order valence-electron chi connectivity index (χ3n) is 1.94. The normalized spacial score (nSPS) is 10.3. The molecule has 2 amide bonds. The van der Waals surface area contributed by atoms with Crippen LogP contribution in [0.5, 0.6) is 0 Å². The van der Waals surface area contributed by atoms with E-state index in [1.54, 1.807) is 18.2 Å². The Kier molecular flexibility index (Phi) is 3.66. The van der Waals surface area contributed by atoms with Crippen LogP contribution in [0.4, 0.5) is 10.5 Å². The number of aliphatic carboxylic acids is 1. The monoisotopic (exact) mass is 220 g/mol. The molecule has 0 aliphatic carbocycles. The van der Waals surface area contributed by atoms with Crippen LogP contribution in [-0.4, -0.2) is 17.1 Å². The third-order valence-corrected chi connectivity index (χ3v) is 1.94. The predicted molar refractivity (Wildman–Crippen MR) is 61.1 cm³/mol. The Morgan fingerprint density at radius 1 is 1.44 bits per heavy atom. The van der Waals surface area contributed by atoms with Crippen LogP contribution >= 0.6 is 0 Å². The number of carboxylic acid groups (broad SMARTS) is 1. The lowest BCUT2D eigenvalue weighted by atomic mass is 10.1. The smallest absolute Gasteiger partial charge is 0.328 e. The highest BCUT2D eigenvalue weighted by Gasteiger charge is 2.01. The summed E-state index contributed by atoms with van der Waals surface area (Å²) in [5, 5.41) is 10.9. The minimum absolute atomic E-state index is 0.569. The van der Waals surface area contributed by atoms with Crippen LogP contribution in [0.1, 0.15) is 11.1 Å². The van der Waals surface area contributed by atoms with E-state index in [4.69, 9.17) is 10.8 Å². The highest BCUT2D eigenvalue weighted by Crippen LogP contribution is 2.17. The molecule has 4 N–H and O–H groups in total. The van der Waals surface area contributed by atoms with E-state index in [9.17, 15) is 9.59 Å². The van der Waals surface area contributed by atoms with Gasteiger partial charge in [0.2, 0.25) is 0 Å². The van der Waals surface area contributed by atoms with Crippen molar-refractivity contribution in [2.45, 2.75) is 6.92 Å². The van der Waals surface area contributed by atoms with Crippen LogP contribution in [-0.2, 0) is 4.79 Å². The number of benzene rings is 1. The number of rotatable bonds is 3. The van der Waals surface area contributed by atoms with E-state index in [-0.39, 0.29) is 0 Å². The molecule has 0 heterocycles. The summed E-state index contributed by atoms with van der Waals surface area (Å²) in [5.41, 5.74) is 7.10. The summed E-state index contributed by atoms with van der Waals surface area (Å²) in [5.74, 6) is -1.02. The second-order valence-corrected chi connectivity index (χ2v) is 3.24. The SMILES string of the molecule is Cc1ccc(/C=C/C(=O)O)cc1NC(N)=O. The highest BCUT2D eigenvalue weighted by atomic mass is 16.4. The van der Waals surface area contributed by atoms with Crippen molar-refractivity contribution in [3.63, 3.8) is 0 Å². The van der Waals surface area contributed by atoms with Crippen molar-refractivity contribution < 1.29 is 14.7 Å². The first-order valence-corrected chi connectivity index (χ1v) is 4.57. The zero-order chi connectivity index (χ0) is 12.1. The second kappa shape index (κ2) is 4.97. The van der Waals surface area contributed by atoms with E-state index < -0.39 is 12.0 Å². The van der Waals surface area contributed by atoms with Gasteiger partial charge in [0.1, 0.15) is 0 Å². The molecule has 0 fully saturated rings. The van der Waals surface area contributed by atoms with Gasteiger partial charge in [0.05, 0.1) is 0 Å². The number of hydrogen-bond acceptors (Lipinski definition) is 2. The maximum atomic E-state index is 10.7. The maximum Gasteiger partial charge on any atom is 0.328 e. The molecule has 0 aliphatic heterocycles. The van der Waals surface area contributed by atoms with Crippen molar-refractivity contribution in [2.24, 2.45) is 5.73 Å². The molecule has 84 valence electrons. The van der Waals surface area contributed by atoms with Crippen LogP contribution in [0.25, 0.3) is 6.08 Å². The zero-order valence-electron chi connectivity index (χ0n) is 8.73. The van der Waals surface area contributed by atoms with Crippen molar-refractivity contribution in [3.8, 4) is 0 Å². The molecule has 0 radical (unpaired) electrons. The van der Waals surface area contributed by atoms with Gasteiger partial charge < -0.3 is 16.2 Å². The topological polar surface area (TPSA) is 92.4 Å². The van der Waals surface area contributed by atoms with E-state index in [1.165, 1.54) is 6.08 Å². The van der Waals surface area contributed by atoms with Gasteiger partial charge in [-0.05, 0) is 30.2 Å². The fourth-order valence-corrected chi connectivity index (χ4v) is 1.18. The number of carbonyl (C=O) groups excluding carboxylic acids is 1. The van der Waals surface area contributed by atoms with E-state index in [0.29, 0.717) is 11.3 Å². The molecule has 0 spiro atoms. The van der Waals surface area contributed by atoms with Crippen LogP contribution in [0.3, 0.4) is 0 Å². The van der Waals surface area contributed by atoms with Crippen molar-refractivity contribution >= 4 is 23.8 Å². The largest absolute Gasteiger partial charge is 0.478 e. The maximum absolute atomic E-state index is 10.7. The Bertz CT molecular complexity index is 453. The molecule has 0 atom stereocenters. The molecule has 16 heavy (non-hydrogen) atoms. The van der Waals surface area contributed by atoms with E-state index in [0.717, 1.165) is 11.6 Å². The molecule has 5 nitrogen and oxygen atoms in total. The lowest BCUT2D eigenvalue weighted by Crippen LogP contribution is -2.19. The van der Waals surface area contributed by atoms with Crippen molar-refractivity contribution in [1.82, 2.24) is 0 Å². The van der Waals surface area contributed by atoms with Crippen molar-refractivity contribution in [2.75, 3.05) is 5.32 Å². The standard InChI is InChI=1S/C11H12N2O3/c1-7-2-3-8(4-5-10(14)15)6-9(7)13-11(12)16/h2-6H,1H3,(H,14,15)(H3,12,13,16)/b5-4+. The molecule has 1 rings (SSSR count). The molecule has 5 heteroatoms. The van der Waals surface area contributed by atoms with Gasteiger partial charge in [-0.3, -0.25) is 0 Å². The second-order valence-electron chi connectivity index (χ2n) is 3.24. The molecule has 0 bridgehead atoms. The van der Waals surface area contributed by atoms with Crippen LogP contribution in [0.15, 0.2) is 24.3 Å². The van der Waals surface area contributed by atoms with Gasteiger partial charge in [0, 0.05) is 11.8 Å². The number of carboxylic acids is 1. The summed E-state index contributed by atoms with van der Waals surface area (Å²) in [6, 6.07) is 4.52. The minimum atomic E-state index is -1.02. The first-order chi connectivity index (χ1) is 7.49. The third kappa shape index (κ3) is 3.45. The Morgan fingerprint density at radius 3 is 2.69 bits per heavy atom. The average Bonchev–Trinajstić information content (AvgIpc) is 2.18. The number of aryl methyl sites for hydroxylation is 1. The minimum Gasteiger partial charge on any atom is -0.478 e. The Balaban J connectivity index is 2.97. The quantitative estimate of drug-likeness (QED) is 0.675. The fraction of sp³-hybridized carbons (Fsp3) is 0.0909. The van der Waals surface area contributed by atoms with E-state index in [2.05, 4.69) is 5.32 Å². The fourth-order valence-electron chi connectivity index (χ4n) is 1.18. The summed E-state index contributed by atoms with van der Waals surface area (Å²) in [4.78, 5) is 21.0. The molecule has 0 aliphatic rings. The molecule has 0 unspecified atom stereocenters. The number of primary amides is 1. The summed E-state index contributed by atoms with van der Waals surface area (Å²) in [6.07, 6.45) is 2.46. The number of urea groups is 1. The van der Waals surface area contributed by atoms with Gasteiger partial charge in [-0.15, -0.1) is 0 Å². The van der Waals surface area contributed by atoms with E-state index in [1.807, 2.05) is 6.92 Å². The Labute approximate surface area is 92.6 Å². The van der Waals surface area contributed by atoms with Gasteiger partial charge in [-0.2, -0.15) is 0 Å². The van der Waals surface area contributed by atoms with Gasteiger partial charge >= 0.3 is 12.0 Å². The molecule has 1 aromatic rings.